The third-order valence-electron chi connectivity index (χ3n) is 5.39. The molecule has 1 atom stereocenters. The topological polar surface area (TPSA) is 59.4 Å². The van der Waals surface area contributed by atoms with Crippen LogP contribution in [-0.2, 0) is 16.1 Å². The van der Waals surface area contributed by atoms with Gasteiger partial charge < -0.3 is 19.5 Å². The summed E-state index contributed by atoms with van der Waals surface area (Å²) in [5.74, 6) is 1.04. The fraction of sp³-hybridized carbons (Fsp3) is 0.600. The van der Waals surface area contributed by atoms with Crippen molar-refractivity contribution in [1.82, 2.24) is 14.9 Å². The number of carbonyl (C=O) groups is 1. The molecule has 0 unspecified atom stereocenters. The van der Waals surface area contributed by atoms with E-state index in [1.54, 1.807) is 0 Å². The molecule has 2 fully saturated rings. The lowest BCUT2D eigenvalue weighted by Crippen LogP contribution is -2.34. The van der Waals surface area contributed by atoms with E-state index in [1.807, 2.05) is 16.8 Å². The Hall–Kier alpha value is -2.08. The number of rotatable bonds is 5. The van der Waals surface area contributed by atoms with Crippen LogP contribution in [0.5, 0.6) is 0 Å². The molecule has 2 aromatic rings. The van der Waals surface area contributed by atoms with E-state index >= 15 is 0 Å². The van der Waals surface area contributed by atoms with Crippen LogP contribution >= 0.6 is 0 Å². The minimum absolute atomic E-state index is 0.0139. The Kier molecular flexibility index (Phi) is 5.39. The van der Waals surface area contributed by atoms with Crippen molar-refractivity contribution in [2.24, 2.45) is 0 Å². The number of anilines is 1. The Morgan fingerprint density at radius 2 is 2.00 bits per heavy atom. The third-order valence-corrected chi connectivity index (χ3v) is 5.39. The Morgan fingerprint density at radius 3 is 2.77 bits per heavy atom. The van der Waals surface area contributed by atoms with Crippen molar-refractivity contribution in [2.45, 2.75) is 51.2 Å². The Bertz CT molecular complexity index is 743. The summed E-state index contributed by atoms with van der Waals surface area (Å²) >= 11 is 0. The van der Waals surface area contributed by atoms with Gasteiger partial charge in [-0.15, -0.1) is 0 Å². The maximum absolute atomic E-state index is 12.3. The SMILES string of the molecule is O=C(Cn1ccc2ccc(N3CCCCCC3)nc21)NC[C@@H]1CCCO1. The van der Waals surface area contributed by atoms with Crippen LogP contribution in [0.1, 0.15) is 38.5 Å². The Labute approximate surface area is 154 Å². The maximum Gasteiger partial charge on any atom is 0.240 e. The predicted octanol–water partition coefficient (Wildman–Crippen LogP) is 2.71. The average molecular weight is 356 g/mol. The fourth-order valence-corrected chi connectivity index (χ4v) is 3.90. The van der Waals surface area contributed by atoms with Gasteiger partial charge in [0, 0.05) is 37.8 Å². The molecule has 26 heavy (non-hydrogen) atoms. The third kappa shape index (κ3) is 4.01. The van der Waals surface area contributed by atoms with E-state index in [2.05, 4.69) is 22.3 Å². The summed E-state index contributed by atoms with van der Waals surface area (Å²) in [5.41, 5.74) is 0.888. The van der Waals surface area contributed by atoms with E-state index in [9.17, 15) is 4.79 Å². The molecule has 2 saturated heterocycles. The van der Waals surface area contributed by atoms with Gasteiger partial charge in [-0.05, 0) is 43.9 Å². The van der Waals surface area contributed by atoms with E-state index < -0.39 is 0 Å². The Balaban J connectivity index is 1.44. The number of hydrogen-bond donors (Lipinski definition) is 1. The number of aromatic nitrogens is 2. The van der Waals surface area contributed by atoms with Gasteiger partial charge in [0.05, 0.1) is 6.10 Å². The highest BCUT2D eigenvalue weighted by molar-refractivity contribution is 5.82. The van der Waals surface area contributed by atoms with Crippen molar-refractivity contribution in [1.29, 1.82) is 0 Å². The van der Waals surface area contributed by atoms with Gasteiger partial charge in [0.25, 0.3) is 0 Å². The van der Waals surface area contributed by atoms with Crippen molar-refractivity contribution in [3.63, 3.8) is 0 Å². The molecule has 0 radical (unpaired) electrons. The Morgan fingerprint density at radius 1 is 1.15 bits per heavy atom. The first-order chi connectivity index (χ1) is 12.8. The van der Waals surface area contributed by atoms with Crippen molar-refractivity contribution in [3.8, 4) is 0 Å². The lowest BCUT2D eigenvalue weighted by atomic mass is 10.2. The molecule has 0 aromatic carbocycles. The molecule has 140 valence electrons. The first-order valence-electron chi connectivity index (χ1n) is 9.89. The number of ether oxygens (including phenoxy) is 1. The first-order valence-corrected chi connectivity index (χ1v) is 9.89. The van der Waals surface area contributed by atoms with Gasteiger partial charge >= 0.3 is 0 Å². The average Bonchev–Trinajstić information content (AvgIpc) is 3.23. The predicted molar refractivity (Wildman–Crippen MR) is 102 cm³/mol. The van der Waals surface area contributed by atoms with E-state index in [0.717, 1.165) is 49.4 Å². The number of nitrogens with one attached hydrogen (secondary N) is 1. The van der Waals surface area contributed by atoms with Gasteiger partial charge in [0.2, 0.25) is 5.91 Å². The van der Waals surface area contributed by atoms with Crippen LogP contribution in [0.3, 0.4) is 0 Å². The lowest BCUT2D eigenvalue weighted by Gasteiger charge is -2.21. The van der Waals surface area contributed by atoms with Crippen LogP contribution in [0.25, 0.3) is 11.0 Å². The molecule has 1 amide bonds. The number of pyridine rings is 1. The van der Waals surface area contributed by atoms with Gasteiger partial charge in [-0.25, -0.2) is 4.98 Å². The van der Waals surface area contributed by atoms with Crippen molar-refractivity contribution in [2.75, 3.05) is 31.1 Å². The molecule has 6 nitrogen and oxygen atoms in total. The number of hydrogen-bond acceptors (Lipinski definition) is 4. The standard InChI is InChI=1S/C20H28N4O2/c25-19(21-14-17-6-5-13-26-17)15-24-12-9-16-7-8-18(22-20(16)24)23-10-3-1-2-4-11-23/h7-9,12,17H,1-6,10-11,13-15H2,(H,21,25)/t17-/m0/s1. The van der Waals surface area contributed by atoms with Crippen LogP contribution in [0.15, 0.2) is 24.4 Å². The maximum atomic E-state index is 12.3. The molecule has 0 saturated carbocycles. The summed E-state index contributed by atoms with van der Waals surface area (Å²) in [6, 6.07) is 6.25. The summed E-state index contributed by atoms with van der Waals surface area (Å²) in [7, 11) is 0. The van der Waals surface area contributed by atoms with Crippen LogP contribution in [0, 0.1) is 0 Å². The molecule has 0 bridgehead atoms. The monoisotopic (exact) mass is 356 g/mol. The molecule has 1 N–H and O–H groups in total. The van der Waals surface area contributed by atoms with Gasteiger partial charge in [-0.3, -0.25) is 4.79 Å². The number of amides is 1. The molecule has 0 spiro atoms. The smallest absolute Gasteiger partial charge is 0.240 e. The molecular weight excluding hydrogens is 328 g/mol. The minimum Gasteiger partial charge on any atom is -0.376 e. The zero-order chi connectivity index (χ0) is 17.8. The van der Waals surface area contributed by atoms with E-state index in [-0.39, 0.29) is 12.0 Å². The minimum atomic E-state index is 0.0139. The summed E-state index contributed by atoms with van der Waals surface area (Å²) in [4.78, 5) is 19.6. The highest BCUT2D eigenvalue weighted by Crippen LogP contribution is 2.22. The molecule has 2 aliphatic heterocycles. The quantitative estimate of drug-likeness (QED) is 0.895. The zero-order valence-corrected chi connectivity index (χ0v) is 15.3. The van der Waals surface area contributed by atoms with Crippen LogP contribution in [0.4, 0.5) is 5.82 Å². The molecule has 4 rings (SSSR count). The molecule has 2 aliphatic rings. The van der Waals surface area contributed by atoms with Crippen molar-refractivity contribution < 1.29 is 9.53 Å². The number of nitrogens with zero attached hydrogens (tertiary/aromatic N) is 3. The first kappa shape index (κ1) is 17.3. The van der Waals surface area contributed by atoms with Crippen LogP contribution < -0.4 is 10.2 Å². The van der Waals surface area contributed by atoms with Crippen molar-refractivity contribution in [3.05, 3.63) is 24.4 Å². The summed E-state index contributed by atoms with van der Waals surface area (Å²) in [6.45, 7) is 3.85. The van der Waals surface area contributed by atoms with Gasteiger partial charge in [-0.1, -0.05) is 12.8 Å². The van der Waals surface area contributed by atoms with Crippen LogP contribution in [-0.4, -0.2) is 47.8 Å². The summed E-state index contributed by atoms with van der Waals surface area (Å²) in [5, 5.41) is 4.07. The second-order valence-corrected chi connectivity index (χ2v) is 7.37. The lowest BCUT2D eigenvalue weighted by molar-refractivity contribution is -0.122. The van der Waals surface area contributed by atoms with Gasteiger partial charge in [0.15, 0.2) is 0 Å². The second kappa shape index (κ2) is 8.08. The molecule has 6 heteroatoms. The number of carbonyl (C=O) groups excluding carboxylic acids is 1. The van der Waals surface area contributed by atoms with Crippen LogP contribution in [0.2, 0.25) is 0 Å². The molecule has 2 aromatic heterocycles. The highest BCUT2D eigenvalue weighted by atomic mass is 16.5. The van der Waals surface area contributed by atoms with E-state index in [1.165, 1.54) is 25.7 Å². The second-order valence-electron chi connectivity index (χ2n) is 7.37. The van der Waals surface area contributed by atoms with E-state index in [4.69, 9.17) is 9.72 Å². The summed E-state index contributed by atoms with van der Waals surface area (Å²) < 4.78 is 7.51. The molecular formula is C20H28N4O2. The fourth-order valence-electron chi connectivity index (χ4n) is 3.90. The van der Waals surface area contributed by atoms with Gasteiger partial charge in [0.1, 0.15) is 18.0 Å². The number of fused-ring (bicyclic) bond motifs is 1. The largest absolute Gasteiger partial charge is 0.376 e. The highest BCUT2D eigenvalue weighted by Gasteiger charge is 2.17. The summed E-state index contributed by atoms with van der Waals surface area (Å²) in [6.07, 6.45) is 9.32. The van der Waals surface area contributed by atoms with Gasteiger partial charge in [-0.2, -0.15) is 0 Å². The molecule has 4 heterocycles. The van der Waals surface area contributed by atoms with E-state index in [0.29, 0.717) is 13.1 Å². The normalized spacial score (nSPS) is 21.1. The zero-order valence-electron chi connectivity index (χ0n) is 15.3. The van der Waals surface area contributed by atoms with Crippen molar-refractivity contribution >= 4 is 22.8 Å². The molecule has 0 aliphatic carbocycles.